The van der Waals surface area contributed by atoms with Crippen molar-refractivity contribution in [2.45, 2.75) is 39.3 Å². The van der Waals surface area contributed by atoms with Crippen LogP contribution in [0, 0.1) is 5.92 Å². The monoisotopic (exact) mass is 297 g/mol. The number of aryl methyl sites for hydroxylation is 2. The van der Waals surface area contributed by atoms with Gasteiger partial charge in [-0.3, -0.25) is 0 Å². The third kappa shape index (κ3) is 3.04. The molecule has 3 aromatic rings. The van der Waals surface area contributed by atoms with Gasteiger partial charge in [-0.2, -0.15) is 0 Å². The van der Waals surface area contributed by atoms with Crippen molar-refractivity contribution in [1.29, 1.82) is 0 Å². The van der Waals surface area contributed by atoms with Gasteiger partial charge in [0.05, 0.1) is 6.04 Å². The van der Waals surface area contributed by atoms with Crippen LogP contribution in [0.3, 0.4) is 0 Å². The third-order valence-corrected chi connectivity index (χ3v) is 4.00. The lowest BCUT2D eigenvalue weighted by Gasteiger charge is -2.14. The van der Waals surface area contributed by atoms with Crippen molar-refractivity contribution in [2.24, 2.45) is 11.7 Å². The molecule has 0 aliphatic heterocycles. The number of benzene rings is 1. The molecule has 116 valence electrons. The molecule has 0 saturated carbocycles. The molecule has 0 amide bonds. The second-order valence-electron chi connectivity index (χ2n) is 6.23. The molecule has 2 aromatic heterocycles. The first-order valence-electron chi connectivity index (χ1n) is 7.83. The second-order valence-corrected chi connectivity index (χ2v) is 6.23. The zero-order valence-electron chi connectivity index (χ0n) is 13.2. The predicted molar refractivity (Wildman–Crippen MR) is 88.4 cm³/mol. The Morgan fingerprint density at radius 3 is 2.91 bits per heavy atom. The standard InChI is InChI=1S/C17H23N5/c1-12(2)9-15(18)17-21-20-11-22(17)8-7-13-10-19-16-6-4-3-5-14(13)16/h3-6,10-12,15,19H,7-9,18H2,1-2H3/t15-/m0/s1. The average molecular weight is 297 g/mol. The van der Waals surface area contributed by atoms with E-state index in [0.717, 1.165) is 25.2 Å². The van der Waals surface area contributed by atoms with Crippen molar-refractivity contribution >= 4 is 10.9 Å². The molecule has 0 bridgehead atoms. The van der Waals surface area contributed by atoms with E-state index in [2.05, 4.69) is 58.0 Å². The maximum absolute atomic E-state index is 6.25. The smallest absolute Gasteiger partial charge is 0.149 e. The van der Waals surface area contributed by atoms with Gasteiger partial charge in [0, 0.05) is 23.6 Å². The summed E-state index contributed by atoms with van der Waals surface area (Å²) < 4.78 is 2.08. The van der Waals surface area contributed by atoms with E-state index in [-0.39, 0.29) is 6.04 Å². The Morgan fingerprint density at radius 1 is 1.27 bits per heavy atom. The van der Waals surface area contributed by atoms with Gasteiger partial charge in [-0.15, -0.1) is 10.2 Å². The maximum atomic E-state index is 6.25. The van der Waals surface area contributed by atoms with E-state index in [1.165, 1.54) is 16.5 Å². The molecule has 3 rings (SSSR count). The van der Waals surface area contributed by atoms with Crippen molar-refractivity contribution in [3.05, 3.63) is 48.2 Å². The topological polar surface area (TPSA) is 72.5 Å². The lowest BCUT2D eigenvalue weighted by Crippen LogP contribution is -2.19. The number of hydrogen-bond acceptors (Lipinski definition) is 3. The number of nitrogens with two attached hydrogens (primary N) is 1. The van der Waals surface area contributed by atoms with Crippen LogP contribution in [-0.4, -0.2) is 19.7 Å². The van der Waals surface area contributed by atoms with Crippen molar-refractivity contribution < 1.29 is 0 Å². The van der Waals surface area contributed by atoms with Crippen LogP contribution < -0.4 is 5.73 Å². The van der Waals surface area contributed by atoms with E-state index >= 15 is 0 Å². The Morgan fingerprint density at radius 2 is 2.09 bits per heavy atom. The fourth-order valence-electron chi connectivity index (χ4n) is 2.92. The molecule has 0 unspecified atom stereocenters. The van der Waals surface area contributed by atoms with Crippen molar-refractivity contribution in [3.63, 3.8) is 0 Å². The number of aromatic amines is 1. The largest absolute Gasteiger partial charge is 0.361 e. The van der Waals surface area contributed by atoms with Crippen molar-refractivity contribution in [2.75, 3.05) is 0 Å². The van der Waals surface area contributed by atoms with Crippen LogP contribution in [0.2, 0.25) is 0 Å². The Labute approximate surface area is 130 Å². The zero-order chi connectivity index (χ0) is 15.5. The molecule has 0 fully saturated rings. The molecule has 5 heteroatoms. The van der Waals surface area contributed by atoms with Crippen molar-refractivity contribution in [1.82, 2.24) is 19.7 Å². The fraction of sp³-hybridized carbons (Fsp3) is 0.412. The summed E-state index contributed by atoms with van der Waals surface area (Å²) in [4.78, 5) is 3.32. The third-order valence-electron chi connectivity index (χ3n) is 4.00. The van der Waals surface area contributed by atoms with Crippen LogP contribution in [0.4, 0.5) is 0 Å². The highest BCUT2D eigenvalue weighted by molar-refractivity contribution is 5.82. The average Bonchev–Trinajstić information content (AvgIpc) is 3.11. The minimum absolute atomic E-state index is 0.0505. The maximum Gasteiger partial charge on any atom is 0.149 e. The number of fused-ring (bicyclic) bond motifs is 1. The second kappa shape index (κ2) is 6.32. The number of nitrogens with one attached hydrogen (secondary N) is 1. The van der Waals surface area contributed by atoms with E-state index < -0.39 is 0 Å². The van der Waals surface area contributed by atoms with Gasteiger partial charge < -0.3 is 15.3 Å². The lowest BCUT2D eigenvalue weighted by molar-refractivity contribution is 0.473. The molecule has 0 spiro atoms. The summed E-state index contributed by atoms with van der Waals surface area (Å²) in [5.41, 5.74) is 8.74. The quantitative estimate of drug-likeness (QED) is 0.734. The molecule has 22 heavy (non-hydrogen) atoms. The Kier molecular flexibility index (Phi) is 4.24. The van der Waals surface area contributed by atoms with Crippen LogP contribution in [-0.2, 0) is 13.0 Å². The number of aromatic nitrogens is 4. The van der Waals surface area contributed by atoms with Crippen LogP contribution in [0.1, 0.15) is 37.7 Å². The normalized spacial score (nSPS) is 13.1. The number of nitrogens with zero attached hydrogens (tertiary/aromatic N) is 3. The Hall–Kier alpha value is -2.14. The van der Waals surface area contributed by atoms with Gasteiger partial charge in [-0.05, 0) is 30.4 Å². The predicted octanol–water partition coefficient (Wildman–Crippen LogP) is 3.05. The molecular weight excluding hydrogens is 274 g/mol. The molecule has 1 aromatic carbocycles. The summed E-state index contributed by atoms with van der Waals surface area (Å²) in [5.74, 6) is 1.43. The fourth-order valence-corrected chi connectivity index (χ4v) is 2.92. The van der Waals surface area contributed by atoms with E-state index in [0.29, 0.717) is 5.92 Å². The highest BCUT2D eigenvalue weighted by atomic mass is 15.3. The summed E-state index contributed by atoms with van der Waals surface area (Å²) in [6.07, 6.45) is 5.72. The molecule has 0 radical (unpaired) electrons. The van der Waals surface area contributed by atoms with Crippen LogP contribution in [0.5, 0.6) is 0 Å². The number of hydrogen-bond donors (Lipinski definition) is 2. The molecular formula is C17H23N5. The minimum atomic E-state index is -0.0505. The van der Waals surface area contributed by atoms with Gasteiger partial charge >= 0.3 is 0 Å². The summed E-state index contributed by atoms with van der Waals surface area (Å²) in [7, 11) is 0. The molecule has 5 nitrogen and oxygen atoms in total. The molecule has 2 heterocycles. The summed E-state index contributed by atoms with van der Waals surface area (Å²) >= 11 is 0. The first-order chi connectivity index (χ1) is 10.6. The van der Waals surface area contributed by atoms with Gasteiger partial charge in [0.1, 0.15) is 12.2 Å². The van der Waals surface area contributed by atoms with Crippen molar-refractivity contribution in [3.8, 4) is 0 Å². The SMILES string of the molecule is CC(C)C[C@H](N)c1nncn1CCc1c[nH]c2ccccc12. The van der Waals surface area contributed by atoms with E-state index in [1.54, 1.807) is 6.33 Å². The number of para-hydroxylation sites is 1. The number of H-pyrrole nitrogens is 1. The summed E-state index contributed by atoms with van der Waals surface area (Å²) in [5, 5.41) is 9.53. The van der Waals surface area contributed by atoms with Crippen LogP contribution >= 0.6 is 0 Å². The summed E-state index contributed by atoms with van der Waals surface area (Å²) in [6.45, 7) is 5.19. The molecule has 3 N–H and O–H groups in total. The van der Waals surface area contributed by atoms with Gasteiger partial charge in [-0.1, -0.05) is 32.0 Å². The Balaban J connectivity index is 1.73. The van der Waals surface area contributed by atoms with Gasteiger partial charge in [0.2, 0.25) is 0 Å². The van der Waals surface area contributed by atoms with E-state index in [9.17, 15) is 0 Å². The first-order valence-corrected chi connectivity index (χ1v) is 7.83. The minimum Gasteiger partial charge on any atom is -0.361 e. The Bertz CT molecular complexity index is 740. The molecule has 0 saturated heterocycles. The van der Waals surface area contributed by atoms with E-state index in [1.807, 2.05) is 6.07 Å². The highest BCUT2D eigenvalue weighted by Crippen LogP contribution is 2.20. The van der Waals surface area contributed by atoms with Gasteiger partial charge in [-0.25, -0.2) is 0 Å². The first kappa shape index (κ1) is 14.8. The lowest BCUT2D eigenvalue weighted by atomic mass is 10.0. The molecule has 1 atom stereocenters. The van der Waals surface area contributed by atoms with Crippen LogP contribution in [0.25, 0.3) is 10.9 Å². The number of rotatable bonds is 6. The van der Waals surface area contributed by atoms with Crippen LogP contribution in [0.15, 0.2) is 36.8 Å². The zero-order valence-corrected chi connectivity index (χ0v) is 13.2. The molecule has 0 aliphatic carbocycles. The van der Waals surface area contributed by atoms with Gasteiger partial charge in [0.25, 0.3) is 0 Å². The van der Waals surface area contributed by atoms with E-state index in [4.69, 9.17) is 5.73 Å². The highest BCUT2D eigenvalue weighted by Gasteiger charge is 2.15. The molecule has 0 aliphatic rings. The summed E-state index contributed by atoms with van der Waals surface area (Å²) in [6, 6.07) is 8.32. The van der Waals surface area contributed by atoms with Gasteiger partial charge in [0.15, 0.2) is 0 Å².